The van der Waals surface area contributed by atoms with E-state index in [0.717, 1.165) is 6.07 Å². The smallest absolute Gasteiger partial charge is 0.404 e. The van der Waals surface area contributed by atoms with Crippen molar-refractivity contribution < 1.29 is 27.5 Å². The molecule has 2 rings (SSSR count). The lowest BCUT2D eigenvalue weighted by Crippen LogP contribution is -2.25. The number of para-hydroxylation sites is 2. The number of hydrogen-bond donors (Lipinski definition) is 1. The molecule has 0 aliphatic heterocycles. The molecule has 1 aromatic carbocycles. The third-order valence-corrected chi connectivity index (χ3v) is 3.30. The second-order valence-electron chi connectivity index (χ2n) is 5.00. The van der Waals surface area contributed by atoms with Gasteiger partial charge in [0, 0.05) is 12.7 Å². The Labute approximate surface area is 135 Å². The van der Waals surface area contributed by atoms with E-state index in [-0.39, 0.29) is 11.3 Å². The summed E-state index contributed by atoms with van der Waals surface area (Å²) in [7, 11) is 1.61. The van der Waals surface area contributed by atoms with Crippen LogP contribution in [0.3, 0.4) is 0 Å². The number of nitrogens with one attached hydrogen (secondary N) is 1. The molecule has 0 fully saturated rings. The van der Waals surface area contributed by atoms with Crippen LogP contribution in [-0.4, -0.2) is 27.8 Å². The number of aryl methyl sites for hydroxylation is 2. The van der Waals surface area contributed by atoms with Gasteiger partial charge in [-0.05, 0) is 26.0 Å². The molecule has 0 radical (unpaired) electrons. The van der Waals surface area contributed by atoms with E-state index < -0.39 is 23.8 Å². The van der Waals surface area contributed by atoms with Crippen molar-refractivity contribution in [3.63, 3.8) is 0 Å². The van der Waals surface area contributed by atoms with Crippen molar-refractivity contribution >= 4 is 17.4 Å². The zero-order valence-corrected chi connectivity index (χ0v) is 13.1. The predicted octanol–water partition coefficient (Wildman–Crippen LogP) is 2.76. The average molecular weight is 341 g/mol. The first-order valence-electron chi connectivity index (χ1n) is 6.81. The molecule has 0 bridgehead atoms. The topological polar surface area (TPSA) is 73.2 Å². The molecule has 1 N–H and O–H groups in total. The van der Waals surface area contributed by atoms with E-state index >= 15 is 0 Å². The van der Waals surface area contributed by atoms with Crippen molar-refractivity contribution in [2.75, 3.05) is 5.32 Å². The second-order valence-corrected chi connectivity index (χ2v) is 5.00. The molecular weight excluding hydrogens is 327 g/mol. The number of anilines is 1. The standard InChI is InChI=1S/C15H14F3N3O3/c1-8-12(9(2)21(3)20-8)13(22)14(23)19-10-6-4-5-7-11(10)24-15(16,17)18/h4-7H,1-3H3,(H,19,23). The second kappa shape index (κ2) is 6.34. The van der Waals surface area contributed by atoms with E-state index in [1.54, 1.807) is 20.9 Å². The zero-order valence-electron chi connectivity index (χ0n) is 13.1. The Morgan fingerprint density at radius 1 is 1.21 bits per heavy atom. The number of carbonyl (C=O) groups is 2. The van der Waals surface area contributed by atoms with Crippen LogP contribution in [0.1, 0.15) is 21.7 Å². The van der Waals surface area contributed by atoms with Crippen LogP contribution in [0.25, 0.3) is 0 Å². The van der Waals surface area contributed by atoms with Crippen molar-refractivity contribution in [3.8, 4) is 5.75 Å². The van der Waals surface area contributed by atoms with Gasteiger partial charge < -0.3 is 10.1 Å². The molecule has 0 saturated heterocycles. The number of ketones is 1. The molecule has 0 spiro atoms. The van der Waals surface area contributed by atoms with Gasteiger partial charge in [-0.1, -0.05) is 12.1 Å². The Morgan fingerprint density at radius 2 is 1.83 bits per heavy atom. The number of benzene rings is 1. The summed E-state index contributed by atoms with van der Waals surface area (Å²) in [6.07, 6.45) is -4.92. The summed E-state index contributed by atoms with van der Waals surface area (Å²) in [6, 6.07) is 4.96. The molecule has 24 heavy (non-hydrogen) atoms. The van der Waals surface area contributed by atoms with Gasteiger partial charge >= 0.3 is 6.36 Å². The highest BCUT2D eigenvalue weighted by molar-refractivity contribution is 6.47. The lowest BCUT2D eigenvalue weighted by molar-refractivity contribution is -0.274. The Hall–Kier alpha value is -2.84. The molecule has 1 heterocycles. The molecule has 0 aliphatic carbocycles. The van der Waals surface area contributed by atoms with E-state index in [1.807, 2.05) is 0 Å². The van der Waals surface area contributed by atoms with Gasteiger partial charge in [-0.25, -0.2) is 0 Å². The first-order valence-corrected chi connectivity index (χ1v) is 6.81. The number of alkyl halides is 3. The molecule has 1 aromatic heterocycles. The summed E-state index contributed by atoms with van der Waals surface area (Å²) in [5, 5.41) is 6.17. The van der Waals surface area contributed by atoms with Crippen LogP contribution in [-0.2, 0) is 11.8 Å². The summed E-state index contributed by atoms with van der Waals surface area (Å²) < 4.78 is 42.4. The summed E-state index contributed by atoms with van der Waals surface area (Å²) in [5.41, 5.74) is 0.694. The van der Waals surface area contributed by atoms with Crippen molar-refractivity contribution in [3.05, 3.63) is 41.2 Å². The van der Waals surface area contributed by atoms with Crippen molar-refractivity contribution in [1.29, 1.82) is 0 Å². The van der Waals surface area contributed by atoms with Crippen LogP contribution in [0.4, 0.5) is 18.9 Å². The molecule has 0 unspecified atom stereocenters. The lowest BCUT2D eigenvalue weighted by atomic mass is 10.1. The fraction of sp³-hybridized carbons (Fsp3) is 0.267. The fourth-order valence-corrected chi connectivity index (χ4v) is 2.18. The third kappa shape index (κ3) is 3.73. The molecule has 0 aliphatic rings. The number of Topliss-reactive ketones (excluding diaryl/α,β-unsaturated/α-hetero) is 1. The number of nitrogens with zero attached hydrogens (tertiary/aromatic N) is 2. The van der Waals surface area contributed by atoms with Gasteiger partial charge in [0.2, 0.25) is 0 Å². The Morgan fingerprint density at radius 3 is 2.38 bits per heavy atom. The third-order valence-electron chi connectivity index (χ3n) is 3.30. The lowest BCUT2D eigenvalue weighted by Gasteiger charge is -2.13. The molecule has 0 saturated carbocycles. The van der Waals surface area contributed by atoms with Crippen LogP contribution in [0.5, 0.6) is 5.75 Å². The number of rotatable bonds is 4. The van der Waals surface area contributed by atoms with Gasteiger partial charge in [0.05, 0.1) is 16.9 Å². The minimum atomic E-state index is -4.92. The van der Waals surface area contributed by atoms with Crippen molar-refractivity contribution in [2.24, 2.45) is 7.05 Å². The van der Waals surface area contributed by atoms with E-state index in [1.165, 1.54) is 22.9 Å². The maximum absolute atomic E-state index is 12.4. The minimum absolute atomic E-state index is 0.115. The normalized spacial score (nSPS) is 11.2. The summed E-state index contributed by atoms with van der Waals surface area (Å²) >= 11 is 0. The first-order chi connectivity index (χ1) is 11.1. The fourth-order valence-electron chi connectivity index (χ4n) is 2.18. The number of ether oxygens (including phenoxy) is 1. The van der Waals surface area contributed by atoms with Crippen LogP contribution in [0, 0.1) is 13.8 Å². The zero-order chi connectivity index (χ0) is 18.1. The SMILES string of the molecule is Cc1nn(C)c(C)c1C(=O)C(=O)Nc1ccccc1OC(F)(F)F. The maximum atomic E-state index is 12.4. The van der Waals surface area contributed by atoms with E-state index in [2.05, 4.69) is 15.2 Å². The summed E-state index contributed by atoms with van der Waals surface area (Å²) in [6.45, 7) is 3.18. The number of carbonyl (C=O) groups excluding carboxylic acids is 2. The van der Waals surface area contributed by atoms with Crippen LogP contribution in [0.15, 0.2) is 24.3 Å². The van der Waals surface area contributed by atoms with E-state index in [0.29, 0.717) is 11.4 Å². The van der Waals surface area contributed by atoms with Crippen LogP contribution >= 0.6 is 0 Å². The Bertz CT molecular complexity index is 797. The van der Waals surface area contributed by atoms with Gasteiger partial charge in [0.1, 0.15) is 0 Å². The van der Waals surface area contributed by atoms with Crippen LogP contribution in [0.2, 0.25) is 0 Å². The maximum Gasteiger partial charge on any atom is 0.573 e. The molecule has 6 nitrogen and oxygen atoms in total. The number of halogens is 3. The minimum Gasteiger partial charge on any atom is -0.404 e. The molecule has 9 heteroatoms. The van der Waals surface area contributed by atoms with Crippen molar-refractivity contribution in [2.45, 2.75) is 20.2 Å². The van der Waals surface area contributed by atoms with Gasteiger partial charge in [-0.2, -0.15) is 5.10 Å². The van der Waals surface area contributed by atoms with Crippen molar-refractivity contribution in [1.82, 2.24) is 9.78 Å². The largest absolute Gasteiger partial charge is 0.573 e. The number of aromatic nitrogens is 2. The number of amides is 1. The van der Waals surface area contributed by atoms with Gasteiger partial charge in [0.25, 0.3) is 11.7 Å². The molecule has 0 atom stereocenters. The Kier molecular flexibility index (Phi) is 4.63. The highest BCUT2D eigenvalue weighted by atomic mass is 19.4. The highest BCUT2D eigenvalue weighted by Gasteiger charge is 2.32. The van der Waals surface area contributed by atoms with Crippen LogP contribution < -0.4 is 10.1 Å². The molecular formula is C15H14F3N3O3. The van der Waals surface area contributed by atoms with Gasteiger partial charge in [-0.3, -0.25) is 14.3 Å². The first kappa shape index (κ1) is 17.5. The van der Waals surface area contributed by atoms with Gasteiger partial charge in [-0.15, -0.1) is 13.2 Å². The number of hydrogen-bond acceptors (Lipinski definition) is 4. The monoisotopic (exact) mass is 341 g/mol. The molecule has 1 amide bonds. The van der Waals surface area contributed by atoms with Gasteiger partial charge in [0.15, 0.2) is 5.75 Å². The van der Waals surface area contributed by atoms with E-state index in [4.69, 9.17) is 0 Å². The highest BCUT2D eigenvalue weighted by Crippen LogP contribution is 2.30. The predicted molar refractivity (Wildman–Crippen MR) is 78.8 cm³/mol. The molecule has 128 valence electrons. The Balaban J connectivity index is 2.26. The summed E-state index contributed by atoms with van der Waals surface area (Å²) in [5.74, 6) is -2.57. The summed E-state index contributed by atoms with van der Waals surface area (Å²) in [4.78, 5) is 24.4. The molecule has 2 aromatic rings. The quantitative estimate of drug-likeness (QED) is 0.685. The average Bonchev–Trinajstić information content (AvgIpc) is 2.72. The van der Waals surface area contributed by atoms with E-state index in [9.17, 15) is 22.8 Å².